The molecule has 0 aromatic rings. The molecule has 0 unspecified atom stereocenters. The first-order chi connectivity index (χ1) is 6.50. The molecular weight excluding hydrogens is 305 g/mol. The first-order valence-electron chi connectivity index (χ1n) is 2.57. The van der Waals surface area contributed by atoms with Gasteiger partial charge in [-0.3, -0.25) is 9.11 Å². The fourth-order valence-electron chi connectivity index (χ4n) is 0. The van der Waals surface area contributed by atoms with E-state index in [1.165, 1.54) is 0 Å². The number of hydrogen-bond acceptors (Lipinski definition) is 4. The first-order valence-corrected chi connectivity index (χ1v) is 5.45. The van der Waals surface area contributed by atoms with Gasteiger partial charge in [-0.2, -0.15) is 43.2 Å². The van der Waals surface area contributed by atoms with Gasteiger partial charge in [0, 0.05) is 18.9 Å². The summed E-state index contributed by atoms with van der Waals surface area (Å²) in [5.41, 5.74) is -11.1. The van der Waals surface area contributed by atoms with Gasteiger partial charge >= 0.3 is 31.3 Å². The Morgan fingerprint density at radius 3 is 0.706 bits per heavy atom. The maximum atomic E-state index is 10.7. The van der Waals surface area contributed by atoms with Crippen molar-refractivity contribution in [1.29, 1.82) is 0 Å². The predicted octanol–water partition coefficient (Wildman–Crippen LogP) is 0.407. The molecule has 0 bridgehead atoms. The molecule has 0 spiro atoms. The van der Waals surface area contributed by atoms with Crippen LogP contribution in [-0.2, 0) is 20.2 Å². The predicted molar refractivity (Wildman–Crippen MR) is 41.0 cm³/mol. The summed E-state index contributed by atoms with van der Waals surface area (Å²) in [5, 5.41) is 0. The molecule has 15 heteroatoms. The second kappa shape index (κ2) is 6.25. The molecule has 0 aliphatic heterocycles. The zero-order valence-corrected chi connectivity index (χ0v) is 9.24. The van der Waals surface area contributed by atoms with Crippen LogP contribution in [0.4, 0.5) is 26.3 Å². The van der Waals surface area contributed by atoms with Gasteiger partial charge in [0.15, 0.2) is 0 Å². The van der Waals surface area contributed by atoms with Crippen LogP contribution in [0.25, 0.3) is 0 Å². The Morgan fingerprint density at radius 2 is 0.706 bits per heavy atom. The van der Waals surface area contributed by atoms with Crippen LogP contribution in [0, 0.1) is 0 Å². The van der Waals surface area contributed by atoms with Crippen LogP contribution in [0.1, 0.15) is 0 Å². The largest absolute Gasteiger partial charge is 0.522 e. The van der Waals surface area contributed by atoms with E-state index in [-0.39, 0.29) is 18.9 Å². The first kappa shape index (κ1) is 22.2. The summed E-state index contributed by atoms with van der Waals surface area (Å²) in [4.78, 5) is 0. The van der Waals surface area contributed by atoms with Gasteiger partial charge in [-0.1, -0.05) is 0 Å². The van der Waals surface area contributed by atoms with Gasteiger partial charge in [-0.15, -0.1) is 0 Å². The molecule has 0 saturated heterocycles. The molecule has 0 aromatic heterocycles. The average Bonchev–Trinajstić information content (AvgIpc) is 1.77. The van der Waals surface area contributed by atoms with Crippen molar-refractivity contribution in [1.82, 2.24) is 0 Å². The van der Waals surface area contributed by atoms with Gasteiger partial charge < -0.3 is 0 Å². The Morgan fingerprint density at radius 1 is 0.647 bits per heavy atom. The van der Waals surface area contributed by atoms with Crippen molar-refractivity contribution in [2.24, 2.45) is 0 Å². The van der Waals surface area contributed by atoms with Crippen LogP contribution >= 0.6 is 0 Å². The van der Waals surface area contributed by atoms with Gasteiger partial charge in [0.2, 0.25) is 0 Å². The maximum Gasteiger partial charge on any atom is 0.522 e. The summed E-state index contributed by atoms with van der Waals surface area (Å²) in [6.07, 6.45) is 0. The number of hydrogen-bond donors (Lipinski definition) is 2. The molecule has 2 N–H and O–H groups in total. The Kier molecular flexibility index (Phi) is 8.16. The van der Waals surface area contributed by atoms with Crippen molar-refractivity contribution in [3.05, 3.63) is 0 Å². The van der Waals surface area contributed by atoms with E-state index in [9.17, 15) is 26.3 Å². The second-order valence-electron chi connectivity index (χ2n) is 1.84. The smallest absolute Gasteiger partial charge is 0.279 e. The summed E-state index contributed by atoms with van der Waals surface area (Å²) in [6, 6.07) is 0. The third kappa shape index (κ3) is 9.68. The zero-order chi connectivity index (χ0) is 14.0. The van der Waals surface area contributed by atoms with E-state index in [1.807, 2.05) is 0 Å². The van der Waals surface area contributed by atoms with Crippen LogP contribution in [0.5, 0.6) is 0 Å². The molecule has 101 valence electrons. The van der Waals surface area contributed by atoms with Crippen molar-refractivity contribution in [2.45, 2.75) is 11.0 Å². The van der Waals surface area contributed by atoms with Gasteiger partial charge in [-0.05, 0) is 0 Å². The molecule has 1 radical (unpaired) electrons. The zero-order valence-electron chi connectivity index (χ0n) is 7.61. The Bertz CT molecular complexity index is 374. The molecular formula is C2H2F6LiO6S2. The van der Waals surface area contributed by atoms with Crippen LogP contribution in [0.15, 0.2) is 0 Å². The van der Waals surface area contributed by atoms with Crippen LogP contribution < -0.4 is 0 Å². The van der Waals surface area contributed by atoms with E-state index in [2.05, 4.69) is 0 Å². The summed E-state index contributed by atoms with van der Waals surface area (Å²) < 4.78 is 115. The minimum Gasteiger partial charge on any atom is -0.279 e. The van der Waals surface area contributed by atoms with E-state index in [1.54, 1.807) is 0 Å². The van der Waals surface area contributed by atoms with Crippen molar-refractivity contribution in [3.8, 4) is 0 Å². The summed E-state index contributed by atoms with van der Waals surface area (Å²) in [7, 11) is -11.7. The summed E-state index contributed by atoms with van der Waals surface area (Å²) in [5.74, 6) is 0. The van der Waals surface area contributed by atoms with Crippen molar-refractivity contribution >= 4 is 39.1 Å². The van der Waals surface area contributed by atoms with Crippen LogP contribution in [0.2, 0.25) is 0 Å². The molecule has 17 heavy (non-hydrogen) atoms. The van der Waals surface area contributed by atoms with E-state index >= 15 is 0 Å². The number of halogens is 6. The summed E-state index contributed by atoms with van der Waals surface area (Å²) in [6.45, 7) is 0. The van der Waals surface area contributed by atoms with E-state index in [0.29, 0.717) is 0 Å². The molecule has 0 aromatic carbocycles. The SMILES string of the molecule is O=S(=O)(O)C(F)(F)F.O=S(=O)(O)C(F)(F)F.[Li]. The molecule has 0 aliphatic rings. The maximum absolute atomic E-state index is 10.7. The number of rotatable bonds is 0. The third-order valence-electron chi connectivity index (χ3n) is 0.585. The minimum absolute atomic E-state index is 0. The normalized spacial score (nSPS) is 13.2. The Hall–Kier alpha value is -0.00260. The van der Waals surface area contributed by atoms with Crippen LogP contribution in [0.3, 0.4) is 0 Å². The molecule has 0 rings (SSSR count). The van der Waals surface area contributed by atoms with Crippen molar-refractivity contribution in [3.63, 3.8) is 0 Å². The molecule has 0 fully saturated rings. The quantitative estimate of drug-likeness (QED) is 0.290. The Balaban J connectivity index is -0.000000218. The van der Waals surface area contributed by atoms with E-state index < -0.39 is 31.3 Å². The summed E-state index contributed by atoms with van der Waals surface area (Å²) >= 11 is 0. The molecule has 0 saturated carbocycles. The van der Waals surface area contributed by atoms with Gasteiger partial charge in [-0.25, -0.2) is 0 Å². The fraction of sp³-hybridized carbons (Fsp3) is 1.00. The molecule has 0 aliphatic carbocycles. The molecule has 6 nitrogen and oxygen atoms in total. The van der Waals surface area contributed by atoms with Crippen molar-refractivity contribution < 1.29 is 52.3 Å². The van der Waals surface area contributed by atoms with E-state index in [0.717, 1.165) is 0 Å². The van der Waals surface area contributed by atoms with E-state index in [4.69, 9.17) is 25.9 Å². The monoisotopic (exact) mass is 307 g/mol. The number of alkyl halides is 6. The molecule has 0 heterocycles. The van der Waals surface area contributed by atoms with Gasteiger partial charge in [0.25, 0.3) is 0 Å². The topological polar surface area (TPSA) is 109 Å². The average molecular weight is 307 g/mol. The Labute approximate surface area is 103 Å². The minimum atomic E-state index is -5.84. The molecule has 0 atom stereocenters. The molecule has 0 amide bonds. The second-order valence-corrected chi connectivity index (χ2v) is 4.67. The fourth-order valence-corrected chi connectivity index (χ4v) is 0. The standard InChI is InChI=1S/2CHF3O3S.Li/c2*2-1(3,4)8(5,6)7;/h2*(H,5,6,7);. The van der Waals surface area contributed by atoms with Crippen LogP contribution in [-0.4, -0.2) is 55.8 Å². The third-order valence-corrected chi connectivity index (χ3v) is 1.75. The van der Waals surface area contributed by atoms with Gasteiger partial charge in [0.1, 0.15) is 0 Å². The van der Waals surface area contributed by atoms with Gasteiger partial charge in [0.05, 0.1) is 0 Å². The van der Waals surface area contributed by atoms with Crippen molar-refractivity contribution in [2.75, 3.05) is 0 Å².